The molecule has 0 radical (unpaired) electrons. The van der Waals surface area contributed by atoms with Gasteiger partial charge in [0.2, 0.25) is 0 Å². The Hall–Kier alpha value is -1.34. The average molecular weight is 296 g/mol. The van der Waals surface area contributed by atoms with Crippen LogP contribution < -0.4 is 4.74 Å². The first-order chi connectivity index (χ1) is 7.92. The van der Waals surface area contributed by atoms with E-state index in [4.69, 9.17) is 10.00 Å². The summed E-state index contributed by atoms with van der Waals surface area (Å²) in [4.78, 5) is 11.5. The number of hydrogen-bond acceptors (Lipinski definition) is 3. The largest absolute Gasteiger partial charge is 0.497 e. The number of nitrogens with zero attached hydrogens (tertiary/aromatic N) is 1. The van der Waals surface area contributed by atoms with E-state index in [9.17, 15) is 4.79 Å². The number of carbonyl (C=O) groups excluding carboxylic acids is 1. The van der Waals surface area contributed by atoms with Gasteiger partial charge >= 0.3 is 0 Å². The van der Waals surface area contributed by atoms with Gasteiger partial charge in [0.15, 0.2) is 0 Å². The lowest BCUT2D eigenvalue weighted by atomic mass is 9.82. The first kappa shape index (κ1) is 13.7. The predicted molar refractivity (Wildman–Crippen MR) is 68.8 cm³/mol. The molecule has 0 spiro atoms. The standard InChI is InChI=1S/C13H14BrNO2/c1-9(16)13(2,8-15)7-10-6-11(17-3)4-5-12(10)14/h4-6H,7H2,1-3H3. The molecule has 1 aromatic carbocycles. The molecule has 1 aromatic rings. The molecule has 0 aliphatic heterocycles. The van der Waals surface area contributed by atoms with Gasteiger partial charge in [-0.15, -0.1) is 0 Å². The number of nitriles is 1. The van der Waals surface area contributed by atoms with Crippen LogP contribution >= 0.6 is 15.9 Å². The molecule has 0 N–H and O–H groups in total. The molecular weight excluding hydrogens is 282 g/mol. The van der Waals surface area contributed by atoms with E-state index >= 15 is 0 Å². The van der Waals surface area contributed by atoms with Crippen molar-refractivity contribution in [2.24, 2.45) is 5.41 Å². The third-order valence-electron chi connectivity index (χ3n) is 2.82. The van der Waals surface area contributed by atoms with Gasteiger partial charge in [-0.3, -0.25) is 4.79 Å². The second-order valence-corrected chi connectivity index (χ2v) is 4.99. The van der Waals surface area contributed by atoms with Crippen LogP contribution in [0.4, 0.5) is 0 Å². The lowest BCUT2D eigenvalue weighted by molar-refractivity contribution is -0.123. The Bertz CT molecular complexity index is 479. The van der Waals surface area contributed by atoms with E-state index in [1.807, 2.05) is 18.2 Å². The molecule has 4 heteroatoms. The highest BCUT2D eigenvalue weighted by Gasteiger charge is 2.30. The highest BCUT2D eigenvalue weighted by atomic mass is 79.9. The van der Waals surface area contributed by atoms with Gasteiger partial charge in [-0.05, 0) is 44.0 Å². The first-order valence-corrected chi connectivity index (χ1v) is 5.97. The van der Waals surface area contributed by atoms with E-state index < -0.39 is 5.41 Å². The van der Waals surface area contributed by atoms with E-state index in [-0.39, 0.29) is 5.78 Å². The van der Waals surface area contributed by atoms with Crippen LogP contribution in [0.1, 0.15) is 19.4 Å². The van der Waals surface area contributed by atoms with Gasteiger partial charge in [-0.2, -0.15) is 5.26 Å². The van der Waals surface area contributed by atoms with Crippen LogP contribution in [0.25, 0.3) is 0 Å². The number of ether oxygens (including phenoxy) is 1. The molecule has 1 unspecified atom stereocenters. The van der Waals surface area contributed by atoms with Gasteiger partial charge in [0, 0.05) is 4.47 Å². The number of hydrogen-bond donors (Lipinski definition) is 0. The van der Waals surface area contributed by atoms with Gasteiger partial charge in [-0.25, -0.2) is 0 Å². The van der Waals surface area contributed by atoms with Crippen LogP contribution in [0.5, 0.6) is 5.75 Å². The predicted octanol–water partition coefficient (Wildman–Crippen LogP) is 3.12. The third-order valence-corrected chi connectivity index (χ3v) is 3.59. The van der Waals surface area contributed by atoms with Gasteiger partial charge < -0.3 is 4.74 Å². The lowest BCUT2D eigenvalue weighted by Gasteiger charge is -2.19. The van der Waals surface area contributed by atoms with Crippen molar-refractivity contribution in [2.45, 2.75) is 20.3 Å². The van der Waals surface area contributed by atoms with Crippen molar-refractivity contribution in [3.05, 3.63) is 28.2 Å². The van der Waals surface area contributed by atoms with E-state index in [2.05, 4.69) is 22.0 Å². The average Bonchev–Trinajstić information content (AvgIpc) is 2.31. The fourth-order valence-corrected chi connectivity index (χ4v) is 1.82. The maximum atomic E-state index is 11.5. The van der Waals surface area contributed by atoms with Crippen molar-refractivity contribution in [1.29, 1.82) is 5.26 Å². The molecule has 90 valence electrons. The molecule has 0 fully saturated rings. The summed E-state index contributed by atoms with van der Waals surface area (Å²) in [6.07, 6.45) is 0.372. The fraction of sp³-hybridized carbons (Fsp3) is 0.385. The van der Waals surface area contributed by atoms with Gasteiger partial charge in [0.1, 0.15) is 16.9 Å². The van der Waals surface area contributed by atoms with Crippen LogP contribution in [0, 0.1) is 16.7 Å². The maximum absolute atomic E-state index is 11.5. The van der Waals surface area contributed by atoms with Crippen molar-refractivity contribution < 1.29 is 9.53 Å². The molecule has 3 nitrogen and oxygen atoms in total. The second kappa shape index (κ2) is 5.33. The summed E-state index contributed by atoms with van der Waals surface area (Å²) in [7, 11) is 1.58. The smallest absolute Gasteiger partial charge is 0.150 e. The summed E-state index contributed by atoms with van der Waals surface area (Å²) >= 11 is 3.41. The highest BCUT2D eigenvalue weighted by Crippen LogP contribution is 2.30. The number of rotatable bonds is 4. The molecule has 0 aliphatic carbocycles. The Morgan fingerprint density at radius 1 is 1.59 bits per heavy atom. The Kier molecular flexibility index (Phi) is 4.30. The van der Waals surface area contributed by atoms with Crippen LogP contribution in [0.3, 0.4) is 0 Å². The monoisotopic (exact) mass is 295 g/mol. The van der Waals surface area contributed by atoms with Crippen LogP contribution in [0.15, 0.2) is 22.7 Å². The van der Waals surface area contributed by atoms with Crippen LogP contribution in [-0.4, -0.2) is 12.9 Å². The Morgan fingerprint density at radius 2 is 2.24 bits per heavy atom. The number of carbonyl (C=O) groups is 1. The zero-order valence-electron chi connectivity index (χ0n) is 10.1. The van der Waals surface area contributed by atoms with Gasteiger partial charge in [-0.1, -0.05) is 15.9 Å². The molecular formula is C13H14BrNO2. The fourth-order valence-electron chi connectivity index (χ4n) is 1.44. The Labute approximate surface area is 110 Å². The lowest BCUT2D eigenvalue weighted by Crippen LogP contribution is -2.26. The summed E-state index contributed by atoms with van der Waals surface area (Å²) in [5.41, 5.74) is -0.0990. The second-order valence-electron chi connectivity index (χ2n) is 4.13. The number of Topliss-reactive ketones (excluding diaryl/α,β-unsaturated/α-hetero) is 1. The third kappa shape index (κ3) is 3.07. The highest BCUT2D eigenvalue weighted by molar-refractivity contribution is 9.10. The zero-order chi connectivity index (χ0) is 13.1. The summed E-state index contributed by atoms with van der Waals surface area (Å²) in [5, 5.41) is 9.12. The first-order valence-electron chi connectivity index (χ1n) is 5.17. The van der Waals surface area contributed by atoms with E-state index in [1.54, 1.807) is 14.0 Å². The summed E-state index contributed by atoms with van der Waals surface area (Å²) < 4.78 is 6.01. The Morgan fingerprint density at radius 3 is 2.71 bits per heavy atom. The van der Waals surface area contributed by atoms with Crippen LogP contribution in [-0.2, 0) is 11.2 Å². The summed E-state index contributed by atoms with van der Waals surface area (Å²) in [6.45, 7) is 3.10. The molecule has 1 rings (SSSR count). The van der Waals surface area contributed by atoms with Crippen molar-refractivity contribution in [1.82, 2.24) is 0 Å². The molecule has 1 atom stereocenters. The topological polar surface area (TPSA) is 50.1 Å². The number of halogens is 1. The minimum atomic E-state index is -0.991. The summed E-state index contributed by atoms with van der Waals surface area (Å²) in [6, 6.07) is 7.59. The molecule has 0 amide bonds. The van der Waals surface area contributed by atoms with Crippen molar-refractivity contribution >= 4 is 21.7 Å². The molecule has 0 saturated heterocycles. The molecule has 17 heavy (non-hydrogen) atoms. The molecule has 0 aromatic heterocycles. The molecule has 0 aliphatic rings. The Balaban J connectivity index is 3.10. The van der Waals surface area contributed by atoms with Crippen molar-refractivity contribution in [3.8, 4) is 11.8 Å². The molecule has 0 saturated carbocycles. The quantitative estimate of drug-likeness (QED) is 0.857. The minimum Gasteiger partial charge on any atom is -0.497 e. The van der Waals surface area contributed by atoms with E-state index in [0.29, 0.717) is 12.2 Å². The normalized spacial score (nSPS) is 13.6. The summed E-state index contributed by atoms with van der Waals surface area (Å²) in [5.74, 6) is 0.585. The molecule has 0 heterocycles. The van der Waals surface area contributed by atoms with Gasteiger partial charge in [0.25, 0.3) is 0 Å². The van der Waals surface area contributed by atoms with Gasteiger partial charge in [0.05, 0.1) is 13.2 Å². The van der Waals surface area contributed by atoms with Crippen molar-refractivity contribution in [3.63, 3.8) is 0 Å². The number of methoxy groups -OCH3 is 1. The van der Waals surface area contributed by atoms with Crippen LogP contribution in [0.2, 0.25) is 0 Å². The number of ketones is 1. The molecule has 0 bridgehead atoms. The van der Waals surface area contributed by atoms with E-state index in [0.717, 1.165) is 10.0 Å². The van der Waals surface area contributed by atoms with Crippen molar-refractivity contribution in [2.75, 3.05) is 7.11 Å². The van der Waals surface area contributed by atoms with E-state index in [1.165, 1.54) is 6.92 Å². The number of benzene rings is 1. The minimum absolute atomic E-state index is 0.130. The zero-order valence-corrected chi connectivity index (χ0v) is 11.7. The maximum Gasteiger partial charge on any atom is 0.150 e. The SMILES string of the molecule is COc1ccc(Br)c(CC(C)(C#N)C(C)=O)c1.